The summed E-state index contributed by atoms with van der Waals surface area (Å²) in [5, 5.41) is 17.7. The van der Waals surface area contributed by atoms with Crippen LogP contribution in [0.3, 0.4) is 0 Å². The number of aromatic nitrogens is 6. The van der Waals surface area contributed by atoms with Gasteiger partial charge in [-0.3, -0.25) is 5.10 Å². The van der Waals surface area contributed by atoms with Crippen LogP contribution in [0.1, 0.15) is 29.9 Å². The molecule has 36 heavy (non-hydrogen) atoms. The molecule has 1 aromatic carbocycles. The average molecular weight is 487 g/mol. The largest absolute Gasteiger partial charge is 0.337 e. The van der Waals surface area contributed by atoms with Crippen LogP contribution >= 0.6 is 0 Å². The highest BCUT2D eigenvalue weighted by atomic mass is 16.2. The number of nitrogens with one attached hydrogen (secondary N) is 3. The van der Waals surface area contributed by atoms with Gasteiger partial charge in [-0.05, 0) is 44.5 Å². The number of H-pyrrole nitrogens is 1. The number of rotatable bonds is 6. The van der Waals surface area contributed by atoms with Crippen molar-refractivity contribution >= 4 is 23.6 Å². The van der Waals surface area contributed by atoms with E-state index in [-0.39, 0.29) is 12.1 Å². The lowest BCUT2D eigenvalue weighted by Crippen LogP contribution is -2.52. The SMILES string of the molecule is Cc1cc(Nc2cc(C)[nH]n2)nc(N2CCN(C(=O)N[C@H](C)c3ccc(-n4cccn4)cc3)CC2)n1. The molecule has 1 atom stereocenters. The number of hydrogen-bond acceptors (Lipinski definition) is 7. The van der Waals surface area contributed by atoms with Gasteiger partial charge in [0.15, 0.2) is 5.82 Å². The molecule has 3 aromatic heterocycles. The van der Waals surface area contributed by atoms with Crippen LogP contribution in [0.25, 0.3) is 5.69 Å². The molecule has 0 unspecified atom stereocenters. The van der Waals surface area contributed by atoms with Crippen molar-refractivity contribution in [1.29, 1.82) is 0 Å². The standard InChI is InChI=1S/C25H30N10O/c1-17-15-22(29-23-16-18(2)31-32-23)30-24(27-17)33-11-13-34(14-12-33)25(36)28-19(3)20-5-7-21(8-6-20)35-10-4-9-26-35/h4-10,15-16,19H,11-14H2,1-3H3,(H,28,36)(H2,27,29,30,31,32)/t19-/m1/s1. The minimum Gasteiger partial charge on any atom is -0.337 e. The first-order chi connectivity index (χ1) is 17.4. The highest BCUT2D eigenvalue weighted by molar-refractivity contribution is 5.75. The summed E-state index contributed by atoms with van der Waals surface area (Å²) in [6, 6.07) is 13.6. The lowest BCUT2D eigenvalue weighted by atomic mass is 10.1. The Labute approximate surface area is 209 Å². The van der Waals surface area contributed by atoms with Gasteiger partial charge in [-0.2, -0.15) is 15.2 Å². The maximum Gasteiger partial charge on any atom is 0.317 e. The fraction of sp³-hybridized carbons (Fsp3) is 0.320. The van der Waals surface area contributed by atoms with Crippen LogP contribution in [0, 0.1) is 13.8 Å². The Morgan fingerprint density at radius 2 is 1.81 bits per heavy atom. The number of carbonyl (C=O) groups excluding carboxylic acids is 1. The number of nitrogens with zero attached hydrogens (tertiary/aromatic N) is 7. The van der Waals surface area contributed by atoms with Crippen molar-refractivity contribution in [1.82, 2.24) is 40.2 Å². The molecule has 0 aliphatic carbocycles. The number of urea groups is 1. The van der Waals surface area contributed by atoms with Crippen LogP contribution in [-0.4, -0.2) is 67.1 Å². The fourth-order valence-corrected chi connectivity index (χ4v) is 4.18. The van der Waals surface area contributed by atoms with Crippen molar-refractivity contribution in [2.75, 3.05) is 36.4 Å². The molecule has 1 fully saturated rings. The van der Waals surface area contributed by atoms with Crippen molar-refractivity contribution in [3.63, 3.8) is 0 Å². The topological polar surface area (TPSA) is 120 Å². The molecule has 11 heteroatoms. The van der Waals surface area contributed by atoms with E-state index in [9.17, 15) is 4.79 Å². The van der Waals surface area contributed by atoms with Crippen LogP contribution in [0.5, 0.6) is 0 Å². The number of hydrogen-bond donors (Lipinski definition) is 3. The van der Waals surface area contributed by atoms with E-state index in [1.165, 1.54) is 0 Å². The number of amides is 2. The Bertz CT molecular complexity index is 1310. The third-order valence-corrected chi connectivity index (χ3v) is 6.16. The lowest BCUT2D eigenvalue weighted by molar-refractivity contribution is 0.191. The summed E-state index contributed by atoms with van der Waals surface area (Å²) in [5.74, 6) is 2.05. The van der Waals surface area contributed by atoms with E-state index in [2.05, 4.69) is 40.8 Å². The summed E-state index contributed by atoms with van der Waals surface area (Å²) in [6.07, 6.45) is 3.65. The molecule has 1 aliphatic heterocycles. The normalized spacial score (nSPS) is 14.5. The van der Waals surface area contributed by atoms with Gasteiger partial charge in [0.25, 0.3) is 0 Å². The first-order valence-corrected chi connectivity index (χ1v) is 12.0. The van der Waals surface area contributed by atoms with Gasteiger partial charge in [0.2, 0.25) is 5.95 Å². The number of piperazine rings is 1. The second-order valence-electron chi connectivity index (χ2n) is 8.94. The molecule has 11 nitrogen and oxygen atoms in total. The molecular weight excluding hydrogens is 456 g/mol. The number of anilines is 3. The smallest absolute Gasteiger partial charge is 0.317 e. The Kier molecular flexibility index (Phi) is 6.52. The van der Waals surface area contributed by atoms with Gasteiger partial charge in [-0.25, -0.2) is 14.5 Å². The van der Waals surface area contributed by atoms with Crippen molar-refractivity contribution < 1.29 is 4.79 Å². The molecule has 4 aromatic rings. The number of benzene rings is 1. The number of aromatic amines is 1. The number of aryl methyl sites for hydroxylation is 2. The Morgan fingerprint density at radius 3 is 2.47 bits per heavy atom. The minimum absolute atomic E-state index is 0.0697. The first kappa shape index (κ1) is 23.3. The molecule has 186 valence electrons. The van der Waals surface area contributed by atoms with Gasteiger partial charge in [0.1, 0.15) is 5.82 Å². The Hall–Kier alpha value is -4.41. The van der Waals surface area contributed by atoms with Crippen LogP contribution < -0.4 is 15.5 Å². The van der Waals surface area contributed by atoms with E-state index in [0.29, 0.717) is 43.8 Å². The Morgan fingerprint density at radius 1 is 1.03 bits per heavy atom. The average Bonchev–Trinajstić information content (AvgIpc) is 3.56. The molecule has 0 radical (unpaired) electrons. The summed E-state index contributed by atoms with van der Waals surface area (Å²) in [5.41, 5.74) is 3.86. The second kappa shape index (κ2) is 10.1. The molecular formula is C25H30N10O. The maximum atomic E-state index is 12.9. The summed E-state index contributed by atoms with van der Waals surface area (Å²) in [6.45, 7) is 8.38. The van der Waals surface area contributed by atoms with Crippen LogP contribution in [-0.2, 0) is 0 Å². The van der Waals surface area contributed by atoms with Gasteiger partial charge in [-0.1, -0.05) is 12.1 Å². The van der Waals surface area contributed by atoms with Crippen LogP contribution in [0.15, 0.2) is 54.9 Å². The number of carbonyl (C=O) groups is 1. The van der Waals surface area contributed by atoms with E-state index in [1.807, 2.05) is 79.0 Å². The summed E-state index contributed by atoms with van der Waals surface area (Å²) >= 11 is 0. The molecule has 0 bridgehead atoms. The molecule has 1 aliphatic rings. The van der Waals surface area contributed by atoms with Gasteiger partial charge in [0.05, 0.1) is 11.7 Å². The minimum atomic E-state index is -0.110. The van der Waals surface area contributed by atoms with Gasteiger partial charge in [-0.15, -0.1) is 0 Å². The van der Waals surface area contributed by atoms with E-state index in [0.717, 1.165) is 22.6 Å². The van der Waals surface area contributed by atoms with Gasteiger partial charge >= 0.3 is 6.03 Å². The fourth-order valence-electron chi connectivity index (χ4n) is 4.18. The van der Waals surface area contributed by atoms with E-state index < -0.39 is 0 Å². The maximum absolute atomic E-state index is 12.9. The first-order valence-electron chi connectivity index (χ1n) is 12.0. The molecule has 0 spiro atoms. The van der Waals surface area contributed by atoms with Gasteiger partial charge < -0.3 is 20.4 Å². The third kappa shape index (κ3) is 5.29. The van der Waals surface area contributed by atoms with Crippen LogP contribution in [0.2, 0.25) is 0 Å². The summed E-state index contributed by atoms with van der Waals surface area (Å²) < 4.78 is 1.81. The van der Waals surface area contributed by atoms with E-state index in [4.69, 9.17) is 0 Å². The summed E-state index contributed by atoms with van der Waals surface area (Å²) in [4.78, 5) is 26.1. The van der Waals surface area contributed by atoms with Crippen molar-refractivity contribution in [2.45, 2.75) is 26.8 Å². The predicted octanol–water partition coefficient (Wildman–Crippen LogP) is 3.34. The molecule has 1 saturated heterocycles. The third-order valence-electron chi connectivity index (χ3n) is 6.16. The molecule has 2 amide bonds. The highest BCUT2D eigenvalue weighted by Gasteiger charge is 2.24. The van der Waals surface area contributed by atoms with E-state index in [1.54, 1.807) is 6.20 Å². The highest BCUT2D eigenvalue weighted by Crippen LogP contribution is 2.20. The predicted molar refractivity (Wildman–Crippen MR) is 138 cm³/mol. The molecule has 0 saturated carbocycles. The van der Waals surface area contributed by atoms with Crippen molar-refractivity contribution in [3.8, 4) is 5.69 Å². The van der Waals surface area contributed by atoms with Crippen molar-refractivity contribution in [3.05, 3.63) is 71.8 Å². The lowest BCUT2D eigenvalue weighted by Gasteiger charge is -2.35. The zero-order valence-electron chi connectivity index (χ0n) is 20.6. The Balaban J connectivity index is 1.16. The zero-order valence-corrected chi connectivity index (χ0v) is 20.6. The van der Waals surface area contributed by atoms with Crippen molar-refractivity contribution in [2.24, 2.45) is 0 Å². The summed E-state index contributed by atoms with van der Waals surface area (Å²) in [7, 11) is 0. The zero-order chi connectivity index (χ0) is 25.1. The van der Waals surface area contributed by atoms with E-state index >= 15 is 0 Å². The molecule has 4 heterocycles. The van der Waals surface area contributed by atoms with Gasteiger partial charge in [0, 0.05) is 62.1 Å². The molecule has 5 rings (SSSR count). The monoisotopic (exact) mass is 486 g/mol. The quantitative estimate of drug-likeness (QED) is 0.382. The van der Waals surface area contributed by atoms with Crippen LogP contribution in [0.4, 0.5) is 22.4 Å². The second-order valence-corrected chi connectivity index (χ2v) is 8.94. The molecule has 3 N–H and O–H groups in total.